The highest BCUT2D eigenvalue weighted by Gasteiger charge is 2.33. The summed E-state index contributed by atoms with van der Waals surface area (Å²) in [5.74, 6) is -1.36. The van der Waals surface area contributed by atoms with Gasteiger partial charge in [0.05, 0.1) is 16.2 Å². The predicted molar refractivity (Wildman–Crippen MR) is 101 cm³/mol. The van der Waals surface area contributed by atoms with Gasteiger partial charge < -0.3 is 4.90 Å². The first-order valence-corrected chi connectivity index (χ1v) is 8.60. The van der Waals surface area contributed by atoms with Crippen LogP contribution in [0.1, 0.15) is 33.6 Å². The number of nitro benzene ring substituents is 1. The van der Waals surface area contributed by atoms with Crippen molar-refractivity contribution < 1.29 is 19.3 Å². The van der Waals surface area contributed by atoms with Crippen LogP contribution in [0.25, 0.3) is 0 Å². The van der Waals surface area contributed by atoms with Crippen molar-refractivity contribution in [1.82, 2.24) is 10.9 Å². The third-order valence-electron chi connectivity index (χ3n) is 4.38. The first-order valence-electron chi connectivity index (χ1n) is 8.60. The first-order chi connectivity index (χ1) is 13.4. The molecule has 0 saturated heterocycles. The molecule has 3 rings (SSSR count). The lowest BCUT2D eigenvalue weighted by Crippen LogP contribution is -2.42. The molecule has 0 aromatic heterocycles. The van der Waals surface area contributed by atoms with Crippen LogP contribution < -0.4 is 15.8 Å². The molecule has 0 spiro atoms. The van der Waals surface area contributed by atoms with Gasteiger partial charge in [-0.25, -0.2) is 0 Å². The largest absolute Gasteiger partial charge is 0.314 e. The van der Waals surface area contributed by atoms with Crippen LogP contribution in [0.3, 0.4) is 0 Å². The second kappa shape index (κ2) is 7.87. The average Bonchev–Trinajstić information content (AvgIpc) is 3.56. The van der Waals surface area contributed by atoms with Crippen molar-refractivity contribution in [1.29, 1.82) is 0 Å². The van der Waals surface area contributed by atoms with Crippen LogP contribution >= 0.6 is 0 Å². The van der Waals surface area contributed by atoms with Gasteiger partial charge in [0, 0.05) is 30.7 Å². The maximum Gasteiger partial charge on any atom is 0.271 e. The van der Waals surface area contributed by atoms with Crippen molar-refractivity contribution in [2.24, 2.45) is 5.92 Å². The van der Waals surface area contributed by atoms with Crippen molar-refractivity contribution in [3.8, 4) is 0 Å². The number of amides is 3. The molecule has 0 radical (unpaired) electrons. The average molecular weight is 382 g/mol. The highest BCUT2D eigenvalue weighted by atomic mass is 16.6. The topological polar surface area (TPSA) is 122 Å². The molecule has 9 nitrogen and oxygen atoms in total. The Morgan fingerprint density at radius 1 is 1.04 bits per heavy atom. The van der Waals surface area contributed by atoms with Crippen LogP contribution in [0.5, 0.6) is 0 Å². The molecule has 0 atom stereocenters. The number of non-ortho nitro benzene ring substituents is 1. The lowest BCUT2D eigenvalue weighted by molar-refractivity contribution is -0.384. The van der Waals surface area contributed by atoms with Gasteiger partial charge in [-0.1, -0.05) is 18.2 Å². The Kier molecular flexibility index (Phi) is 5.35. The monoisotopic (exact) mass is 382 g/mol. The summed E-state index contributed by atoms with van der Waals surface area (Å²) in [4.78, 5) is 48.6. The molecule has 2 aromatic rings. The van der Waals surface area contributed by atoms with Crippen molar-refractivity contribution in [2.45, 2.75) is 12.8 Å². The van der Waals surface area contributed by atoms with Crippen LogP contribution in [0, 0.1) is 16.0 Å². The molecule has 1 fully saturated rings. The summed E-state index contributed by atoms with van der Waals surface area (Å²) in [5, 5.41) is 10.8. The number of carbonyl (C=O) groups is 3. The molecule has 1 aliphatic rings. The zero-order valence-corrected chi connectivity index (χ0v) is 15.0. The number of hydrazine groups is 1. The number of hydrogen-bond donors (Lipinski definition) is 2. The zero-order valence-electron chi connectivity index (χ0n) is 15.0. The Bertz CT molecular complexity index is 955. The van der Waals surface area contributed by atoms with Crippen LogP contribution in [0.2, 0.25) is 0 Å². The number of benzene rings is 2. The SMILES string of the molecule is CN(C(=O)C1CC1)c1ccccc1C(=O)NNC(=O)c1cccc([N+](=O)[O-])c1. The van der Waals surface area contributed by atoms with Crippen LogP contribution in [-0.4, -0.2) is 29.7 Å². The fourth-order valence-electron chi connectivity index (χ4n) is 2.69. The van der Waals surface area contributed by atoms with E-state index in [1.165, 1.54) is 23.1 Å². The van der Waals surface area contributed by atoms with Crippen LogP contribution in [-0.2, 0) is 4.79 Å². The van der Waals surface area contributed by atoms with Gasteiger partial charge in [0.25, 0.3) is 17.5 Å². The number of nitrogens with zero attached hydrogens (tertiary/aromatic N) is 2. The Morgan fingerprint density at radius 2 is 1.71 bits per heavy atom. The lowest BCUT2D eigenvalue weighted by atomic mass is 10.1. The molecule has 0 unspecified atom stereocenters. The number of anilines is 1. The number of rotatable bonds is 5. The highest BCUT2D eigenvalue weighted by molar-refractivity contribution is 6.06. The van der Waals surface area contributed by atoms with E-state index in [0.717, 1.165) is 18.9 Å². The van der Waals surface area contributed by atoms with Gasteiger partial charge in [-0.3, -0.25) is 35.3 Å². The molecule has 0 aliphatic heterocycles. The molecule has 2 N–H and O–H groups in total. The van der Waals surface area contributed by atoms with Gasteiger partial charge in [0.2, 0.25) is 5.91 Å². The molecule has 9 heteroatoms. The molecule has 28 heavy (non-hydrogen) atoms. The molecule has 3 amide bonds. The van der Waals surface area contributed by atoms with Gasteiger partial charge in [-0.15, -0.1) is 0 Å². The molecule has 2 aromatic carbocycles. The maximum atomic E-state index is 12.5. The fourth-order valence-corrected chi connectivity index (χ4v) is 2.69. The van der Waals surface area contributed by atoms with Crippen molar-refractivity contribution >= 4 is 29.1 Å². The predicted octanol–water partition coefficient (Wildman–Crippen LogP) is 2.04. The van der Waals surface area contributed by atoms with E-state index in [1.807, 2.05) is 0 Å². The van der Waals surface area contributed by atoms with Crippen molar-refractivity contribution in [3.05, 3.63) is 69.8 Å². The van der Waals surface area contributed by atoms with E-state index >= 15 is 0 Å². The number of carbonyl (C=O) groups excluding carboxylic acids is 3. The first kappa shape index (κ1) is 19.0. The fraction of sp³-hybridized carbons (Fsp3) is 0.211. The standard InChI is InChI=1S/C19H18N4O5/c1-22(19(26)12-9-10-12)16-8-3-2-7-15(16)18(25)21-20-17(24)13-5-4-6-14(11-13)23(27)28/h2-8,11-12H,9-10H2,1H3,(H,20,24)(H,21,25). The normalized spacial score (nSPS) is 12.8. The summed E-state index contributed by atoms with van der Waals surface area (Å²) < 4.78 is 0. The van der Waals surface area contributed by atoms with E-state index in [0.29, 0.717) is 5.69 Å². The van der Waals surface area contributed by atoms with E-state index < -0.39 is 16.7 Å². The number of hydrogen-bond acceptors (Lipinski definition) is 5. The molecular weight excluding hydrogens is 364 g/mol. The second-order valence-electron chi connectivity index (χ2n) is 6.40. The third-order valence-corrected chi connectivity index (χ3v) is 4.38. The highest BCUT2D eigenvalue weighted by Crippen LogP contribution is 2.33. The smallest absolute Gasteiger partial charge is 0.271 e. The van der Waals surface area contributed by atoms with Gasteiger partial charge >= 0.3 is 0 Å². The molecular formula is C19H18N4O5. The van der Waals surface area contributed by atoms with Gasteiger partial charge in [-0.2, -0.15) is 0 Å². The van der Waals surface area contributed by atoms with E-state index in [2.05, 4.69) is 10.9 Å². The maximum absolute atomic E-state index is 12.5. The molecule has 1 aliphatic carbocycles. The second-order valence-corrected chi connectivity index (χ2v) is 6.40. The van der Waals surface area contributed by atoms with E-state index in [-0.39, 0.29) is 28.6 Å². The minimum Gasteiger partial charge on any atom is -0.314 e. The Balaban J connectivity index is 1.70. The third kappa shape index (κ3) is 4.14. The van der Waals surface area contributed by atoms with E-state index in [4.69, 9.17) is 0 Å². The summed E-state index contributed by atoms with van der Waals surface area (Å²) in [7, 11) is 1.61. The minimum atomic E-state index is -0.697. The van der Waals surface area contributed by atoms with Crippen molar-refractivity contribution in [2.75, 3.05) is 11.9 Å². The van der Waals surface area contributed by atoms with Crippen LogP contribution in [0.4, 0.5) is 11.4 Å². The minimum absolute atomic E-state index is 0.00492. The number of nitrogens with one attached hydrogen (secondary N) is 2. The lowest BCUT2D eigenvalue weighted by Gasteiger charge is -2.20. The summed E-state index contributed by atoms with van der Waals surface area (Å²) in [6.07, 6.45) is 1.69. The molecule has 0 bridgehead atoms. The summed E-state index contributed by atoms with van der Waals surface area (Å²) in [6.45, 7) is 0. The number of nitro groups is 1. The molecule has 1 saturated carbocycles. The van der Waals surface area contributed by atoms with Crippen LogP contribution in [0.15, 0.2) is 48.5 Å². The summed E-state index contributed by atoms with van der Waals surface area (Å²) >= 11 is 0. The molecule has 144 valence electrons. The quantitative estimate of drug-likeness (QED) is 0.605. The Morgan fingerprint density at radius 3 is 2.39 bits per heavy atom. The Hall–Kier alpha value is -3.75. The van der Waals surface area contributed by atoms with Gasteiger partial charge in [0.1, 0.15) is 0 Å². The Labute approximate surface area is 160 Å². The summed E-state index contributed by atoms with van der Waals surface area (Å²) in [5.41, 5.74) is 4.96. The zero-order chi connectivity index (χ0) is 20.3. The van der Waals surface area contributed by atoms with Gasteiger partial charge in [-0.05, 0) is 31.0 Å². The van der Waals surface area contributed by atoms with Gasteiger partial charge in [0.15, 0.2) is 0 Å². The molecule has 0 heterocycles. The summed E-state index contributed by atoms with van der Waals surface area (Å²) in [6, 6.07) is 11.7. The van der Waals surface area contributed by atoms with E-state index in [9.17, 15) is 24.5 Å². The van der Waals surface area contributed by atoms with E-state index in [1.54, 1.807) is 31.3 Å². The van der Waals surface area contributed by atoms with Crippen molar-refractivity contribution in [3.63, 3.8) is 0 Å². The number of para-hydroxylation sites is 1.